The summed E-state index contributed by atoms with van der Waals surface area (Å²) in [5.74, 6) is 2.78. The molecule has 0 amide bonds. The van der Waals surface area contributed by atoms with Gasteiger partial charge in [-0.2, -0.15) is 0 Å². The van der Waals surface area contributed by atoms with E-state index < -0.39 is 5.60 Å². The van der Waals surface area contributed by atoms with Crippen LogP contribution in [0, 0.1) is 45.3 Å². The lowest BCUT2D eigenvalue weighted by molar-refractivity contribution is -0.207. The highest BCUT2D eigenvalue weighted by atomic mass is 16.3. The van der Waals surface area contributed by atoms with E-state index in [1.54, 1.807) is 0 Å². The molecule has 32 heavy (non-hydrogen) atoms. The Hall–Kier alpha value is -0.630. The van der Waals surface area contributed by atoms with Gasteiger partial charge in [-0.1, -0.05) is 46.3 Å². The first-order chi connectivity index (χ1) is 14.7. The fraction of sp³-hybridized carbons (Fsp3) is 0.900. The maximum absolute atomic E-state index is 12.8. The second kappa shape index (κ2) is 7.69. The predicted molar refractivity (Wildman–Crippen MR) is 133 cm³/mol. The summed E-state index contributed by atoms with van der Waals surface area (Å²) in [4.78, 5) is 12.8. The molecule has 8 atom stereocenters. The quantitative estimate of drug-likeness (QED) is 0.452. The summed E-state index contributed by atoms with van der Waals surface area (Å²) < 4.78 is 0. The van der Waals surface area contributed by atoms with E-state index in [0.29, 0.717) is 40.3 Å². The van der Waals surface area contributed by atoms with Crippen molar-refractivity contribution >= 4 is 5.78 Å². The van der Waals surface area contributed by atoms with Crippen molar-refractivity contribution in [2.75, 3.05) is 0 Å². The van der Waals surface area contributed by atoms with E-state index in [1.807, 2.05) is 0 Å². The van der Waals surface area contributed by atoms with Gasteiger partial charge in [0.15, 0.2) is 0 Å². The van der Waals surface area contributed by atoms with Crippen LogP contribution in [0.15, 0.2) is 11.6 Å². The highest BCUT2D eigenvalue weighted by Gasteiger charge is 2.69. The van der Waals surface area contributed by atoms with E-state index in [1.165, 1.54) is 44.1 Å². The minimum atomic E-state index is -0.572. The van der Waals surface area contributed by atoms with Crippen LogP contribution in [-0.4, -0.2) is 16.5 Å². The van der Waals surface area contributed by atoms with E-state index >= 15 is 0 Å². The van der Waals surface area contributed by atoms with Gasteiger partial charge < -0.3 is 5.11 Å². The molecular formula is C30H50O2. The number of carbonyl (C=O) groups excluding carboxylic acids is 1. The van der Waals surface area contributed by atoms with Crippen LogP contribution in [0.2, 0.25) is 0 Å². The minimum Gasteiger partial charge on any atom is -0.390 e. The molecule has 0 radical (unpaired) electrons. The van der Waals surface area contributed by atoms with E-state index in [4.69, 9.17) is 0 Å². The Kier molecular flexibility index (Phi) is 5.89. The van der Waals surface area contributed by atoms with Crippen LogP contribution in [0.1, 0.15) is 120 Å². The Morgan fingerprint density at radius 1 is 0.969 bits per heavy atom. The molecule has 0 aliphatic heterocycles. The van der Waals surface area contributed by atoms with Crippen molar-refractivity contribution in [2.24, 2.45) is 45.3 Å². The van der Waals surface area contributed by atoms with Gasteiger partial charge in [-0.05, 0) is 118 Å². The number of aliphatic hydroxyl groups is 1. The van der Waals surface area contributed by atoms with Gasteiger partial charge in [0.2, 0.25) is 0 Å². The van der Waals surface area contributed by atoms with Gasteiger partial charge in [-0.3, -0.25) is 4.79 Å². The molecule has 0 unspecified atom stereocenters. The first-order valence-electron chi connectivity index (χ1n) is 13.6. The third kappa shape index (κ3) is 3.32. The lowest BCUT2D eigenvalue weighted by Gasteiger charge is -2.69. The van der Waals surface area contributed by atoms with Crippen LogP contribution in [0.25, 0.3) is 0 Å². The molecule has 2 heteroatoms. The largest absolute Gasteiger partial charge is 0.390 e. The number of hydrogen-bond acceptors (Lipinski definition) is 2. The zero-order valence-corrected chi connectivity index (χ0v) is 22.3. The fourth-order valence-corrected chi connectivity index (χ4v) is 10.1. The van der Waals surface area contributed by atoms with E-state index in [9.17, 15) is 9.90 Å². The maximum atomic E-state index is 12.8. The van der Waals surface area contributed by atoms with Gasteiger partial charge in [0, 0.05) is 11.8 Å². The number of ketones is 1. The van der Waals surface area contributed by atoms with Crippen LogP contribution in [0.3, 0.4) is 0 Å². The SMILES string of the molecule is CC(C)=CCC[C@@](C)(O)[C@H]1CC[C@]2(C)[C@@H]1CC[C@H]1[C@@]3(C)CCC(=O)C(C)(C)[C@@H]3CC[C@]12C. The summed E-state index contributed by atoms with van der Waals surface area (Å²) in [7, 11) is 0. The second-order valence-corrected chi connectivity index (χ2v) is 14.1. The fourth-order valence-electron chi connectivity index (χ4n) is 10.1. The Morgan fingerprint density at radius 3 is 2.28 bits per heavy atom. The average molecular weight is 443 g/mol. The number of Topliss-reactive ketones (excluding diaryl/α,β-unsaturated/α-hetero) is 1. The van der Waals surface area contributed by atoms with Crippen LogP contribution < -0.4 is 0 Å². The van der Waals surface area contributed by atoms with Crippen molar-refractivity contribution in [1.29, 1.82) is 0 Å². The molecule has 0 saturated heterocycles. The number of carbonyl (C=O) groups is 1. The average Bonchev–Trinajstić information content (AvgIpc) is 3.04. The minimum absolute atomic E-state index is 0.168. The number of hydrogen-bond donors (Lipinski definition) is 1. The lowest BCUT2D eigenvalue weighted by Crippen LogP contribution is -2.63. The molecule has 1 N–H and O–H groups in total. The standard InChI is InChI=1S/C30H50O2/c1-20(2)10-9-16-30(8,32)22-13-18-28(6)21(22)11-12-24-27(5)17-15-25(31)26(3,4)23(27)14-19-29(24,28)7/h10,21-24,32H,9,11-19H2,1-8H3/t21-,22+,23+,24+,27+,28-,29-,30-/m1/s1. The Balaban J connectivity index is 1.62. The molecule has 4 aliphatic carbocycles. The molecule has 0 aromatic carbocycles. The van der Waals surface area contributed by atoms with Gasteiger partial charge in [-0.15, -0.1) is 0 Å². The van der Waals surface area contributed by atoms with Crippen LogP contribution in [-0.2, 0) is 4.79 Å². The topological polar surface area (TPSA) is 37.3 Å². The molecule has 4 aliphatic rings. The molecule has 0 heterocycles. The molecule has 0 aromatic heterocycles. The van der Waals surface area contributed by atoms with Gasteiger partial charge in [0.1, 0.15) is 5.78 Å². The zero-order valence-electron chi connectivity index (χ0n) is 22.3. The summed E-state index contributed by atoms with van der Waals surface area (Å²) in [6.07, 6.45) is 13.5. The molecular weight excluding hydrogens is 392 g/mol. The maximum Gasteiger partial charge on any atom is 0.138 e. The smallest absolute Gasteiger partial charge is 0.138 e. The third-order valence-corrected chi connectivity index (χ3v) is 12.1. The first-order valence-corrected chi connectivity index (χ1v) is 13.6. The molecule has 4 saturated carbocycles. The molecule has 4 rings (SSSR count). The monoisotopic (exact) mass is 442 g/mol. The van der Waals surface area contributed by atoms with Crippen LogP contribution in [0.4, 0.5) is 0 Å². The van der Waals surface area contributed by atoms with Gasteiger partial charge in [-0.25, -0.2) is 0 Å². The molecule has 0 spiro atoms. The zero-order chi connectivity index (χ0) is 23.7. The summed E-state index contributed by atoms with van der Waals surface area (Å²) in [5, 5.41) is 11.6. The van der Waals surface area contributed by atoms with Crippen LogP contribution in [0.5, 0.6) is 0 Å². The van der Waals surface area contributed by atoms with E-state index in [0.717, 1.165) is 25.7 Å². The van der Waals surface area contributed by atoms with E-state index in [-0.39, 0.29) is 10.8 Å². The summed E-state index contributed by atoms with van der Waals surface area (Å²) >= 11 is 0. The van der Waals surface area contributed by atoms with Crippen molar-refractivity contribution in [1.82, 2.24) is 0 Å². The molecule has 4 fully saturated rings. The van der Waals surface area contributed by atoms with Crippen molar-refractivity contribution < 1.29 is 9.90 Å². The van der Waals surface area contributed by atoms with Gasteiger partial charge >= 0.3 is 0 Å². The third-order valence-electron chi connectivity index (χ3n) is 12.1. The van der Waals surface area contributed by atoms with Crippen molar-refractivity contribution in [3.63, 3.8) is 0 Å². The number of rotatable bonds is 4. The lowest BCUT2D eigenvalue weighted by atomic mass is 9.35. The van der Waals surface area contributed by atoms with E-state index in [2.05, 4.69) is 61.5 Å². The summed E-state index contributed by atoms with van der Waals surface area (Å²) in [5.41, 5.74) is 1.52. The molecule has 2 nitrogen and oxygen atoms in total. The summed E-state index contributed by atoms with van der Waals surface area (Å²) in [6.45, 7) is 18.7. The molecule has 0 aromatic rings. The first kappa shape index (κ1) is 24.5. The number of allylic oxidation sites excluding steroid dienone is 2. The van der Waals surface area contributed by atoms with Crippen molar-refractivity contribution in [2.45, 2.75) is 125 Å². The van der Waals surface area contributed by atoms with Crippen molar-refractivity contribution in [3.05, 3.63) is 11.6 Å². The molecule has 0 bridgehead atoms. The summed E-state index contributed by atoms with van der Waals surface area (Å²) in [6, 6.07) is 0. The predicted octanol–water partition coefficient (Wildman–Crippen LogP) is 7.74. The normalized spacial score (nSPS) is 47.1. The van der Waals surface area contributed by atoms with Crippen LogP contribution >= 0.6 is 0 Å². The molecule has 182 valence electrons. The Labute approximate surface area is 198 Å². The van der Waals surface area contributed by atoms with Crippen molar-refractivity contribution in [3.8, 4) is 0 Å². The van der Waals surface area contributed by atoms with Gasteiger partial charge in [0.25, 0.3) is 0 Å². The Bertz CT molecular complexity index is 787. The highest BCUT2D eigenvalue weighted by Crippen LogP contribution is 2.75. The van der Waals surface area contributed by atoms with Gasteiger partial charge in [0.05, 0.1) is 5.60 Å². The highest BCUT2D eigenvalue weighted by molar-refractivity contribution is 5.85. The number of fused-ring (bicyclic) bond motifs is 5. The Morgan fingerprint density at radius 2 is 1.62 bits per heavy atom. The second-order valence-electron chi connectivity index (χ2n) is 14.1.